The fourth-order valence-corrected chi connectivity index (χ4v) is 4.38. The molecule has 0 radical (unpaired) electrons. The molecule has 2 aliphatic rings. The minimum absolute atomic E-state index is 0.00513. The first-order valence-electron chi connectivity index (χ1n) is 11.1. The van der Waals surface area contributed by atoms with Gasteiger partial charge in [-0.15, -0.1) is 0 Å². The van der Waals surface area contributed by atoms with Gasteiger partial charge in [0, 0.05) is 11.1 Å². The number of halogens is 4. The van der Waals surface area contributed by atoms with Crippen LogP contribution in [0.1, 0.15) is 37.3 Å². The third-order valence-corrected chi connectivity index (χ3v) is 6.03. The van der Waals surface area contributed by atoms with Crippen LogP contribution in [0, 0.1) is 29.2 Å². The number of benzene rings is 2. The van der Waals surface area contributed by atoms with Crippen LogP contribution in [0.3, 0.4) is 0 Å². The van der Waals surface area contributed by atoms with Gasteiger partial charge in [0.05, 0.1) is 6.61 Å². The standard InChI is InChI=1S/C26H26F4O3/c1-3-5-15-6-9-18(32-13-15)14-33-20-12-17-8-7-16-11-19(31-10-4-2)23(27)25(29)21(16)22(17)26(30)24(20)28/h4,9,11-12,15H,2-3,5-8,10,13-14H2,1H3. The number of hydrogen-bond donors (Lipinski definition) is 0. The highest BCUT2D eigenvalue weighted by Gasteiger charge is 2.31. The van der Waals surface area contributed by atoms with Crippen LogP contribution in [-0.4, -0.2) is 19.8 Å². The van der Waals surface area contributed by atoms with Gasteiger partial charge in [-0.05, 0) is 60.9 Å². The molecule has 1 aliphatic heterocycles. The molecule has 33 heavy (non-hydrogen) atoms. The van der Waals surface area contributed by atoms with Crippen LogP contribution < -0.4 is 9.47 Å². The Morgan fingerprint density at radius 3 is 2.09 bits per heavy atom. The van der Waals surface area contributed by atoms with E-state index in [4.69, 9.17) is 14.2 Å². The minimum Gasteiger partial charge on any atom is -0.494 e. The van der Waals surface area contributed by atoms with Crippen molar-refractivity contribution in [1.29, 1.82) is 0 Å². The maximum atomic E-state index is 15.1. The van der Waals surface area contributed by atoms with Gasteiger partial charge in [-0.1, -0.05) is 26.0 Å². The van der Waals surface area contributed by atoms with Crippen molar-refractivity contribution in [2.45, 2.75) is 39.0 Å². The van der Waals surface area contributed by atoms with E-state index in [1.807, 2.05) is 6.08 Å². The van der Waals surface area contributed by atoms with Gasteiger partial charge in [-0.2, -0.15) is 8.78 Å². The maximum Gasteiger partial charge on any atom is 0.201 e. The summed E-state index contributed by atoms with van der Waals surface area (Å²) in [5, 5.41) is 0. The molecule has 0 aromatic heterocycles. The largest absolute Gasteiger partial charge is 0.494 e. The predicted octanol–water partition coefficient (Wildman–Crippen LogP) is 6.67. The number of ether oxygens (including phenoxy) is 3. The third-order valence-electron chi connectivity index (χ3n) is 6.03. The Labute approximate surface area is 190 Å². The normalized spacial score (nSPS) is 16.9. The lowest BCUT2D eigenvalue weighted by molar-refractivity contribution is 0.113. The van der Waals surface area contributed by atoms with Gasteiger partial charge in [0.15, 0.2) is 23.1 Å². The average molecular weight is 462 g/mol. The lowest BCUT2D eigenvalue weighted by Crippen LogP contribution is -2.18. The fraction of sp³-hybridized carbons (Fsp3) is 0.385. The van der Waals surface area contributed by atoms with Gasteiger partial charge in [0.25, 0.3) is 0 Å². The molecule has 7 heteroatoms. The molecule has 0 saturated carbocycles. The van der Waals surface area contributed by atoms with E-state index in [0.29, 0.717) is 42.3 Å². The zero-order valence-electron chi connectivity index (χ0n) is 18.5. The molecule has 3 nitrogen and oxygen atoms in total. The molecule has 0 fully saturated rings. The zero-order chi connectivity index (χ0) is 23.5. The van der Waals surface area contributed by atoms with Crippen molar-refractivity contribution in [3.05, 3.63) is 71.0 Å². The van der Waals surface area contributed by atoms with Gasteiger partial charge in [-0.25, -0.2) is 8.78 Å². The van der Waals surface area contributed by atoms with Crippen LogP contribution in [0.4, 0.5) is 17.6 Å². The highest BCUT2D eigenvalue weighted by molar-refractivity contribution is 5.76. The second-order valence-corrected chi connectivity index (χ2v) is 8.33. The van der Waals surface area contributed by atoms with Gasteiger partial charge in [-0.3, -0.25) is 0 Å². The fourth-order valence-electron chi connectivity index (χ4n) is 4.38. The second-order valence-electron chi connectivity index (χ2n) is 8.33. The highest BCUT2D eigenvalue weighted by atomic mass is 19.2. The summed E-state index contributed by atoms with van der Waals surface area (Å²) in [5.74, 6) is -4.54. The summed E-state index contributed by atoms with van der Waals surface area (Å²) in [7, 11) is 0. The summed E-state index contributed by atoms with van der Waals surface area (Å²) in [6, 6.07) is 2.69. The first-order valence-corrected chi connectivity index (χ1v) is 11.1. The van der Waals surface area contributed by atoms with Gasteiger partial charge in [0.1, 0.15) is 19.0 Å². The van der Waals surface area contributed by atoms with Crippen molar-refractivity contribution in [2.75, 3.05) is 19.8 Å². The summed E-state index contributed by atoms with van der Waals surface area (Å²) in [4.78, 5) is 0. The molecule has 1 heterocycles. The van der Waals surface area contributed by atoms with Crippen LogP contribution in [0.25, 0.3) is 11.1 Å². The molecular formula is C26H26F4O3. The van der Waals surface area contributed by atoms with Crippen molar-refractivity contribution >= 4 is 0 Å². The smallest absolute Gasteiger partial charge is 0.201 e. The van der Waals surface area contributed by atoms with Crippen LogP contribution in [0.2, 0.25) is 0 Å². The molecule has 1 aliphatic carbocycles. The quantitative estimate of drug-likeness (QED) is 0.324. The van der Waals surface area contributed by atoms with E-state index in [0.717, 1.165) is 19.3 Å². The Hall–Kier alpha value is -2.96. The van der Waals surface area contributed by atoms with Crippen molar-refractivity contribution in [2.24, 2.45) is 5.92 Å². The summed E-state index contributed by atoms with van der Waals surface area (Å²) >= 11 is 0. The first kappa shape index (κ1) is 23.2. The molecule has 2 aromatic carbocycles. The molecule has 0 amide bonds. The molecule has 1 unspecified atom stereocenters. The molecule has 0 saturated heterocycles. The highest BCUT2D eigenvalue weighted by Crippen LogP contribution is 2.43. The Bertz CT molecular complexity index is 1090. The summed E-state index contributed by atoms with van der Waals surface area (Å²) < 4.78 is 75.8. The van der Waals surface area contributed by atoms with E-state index in [9.17, 15) is 13.2 Å². The van der Waals surface area contributed by atoms with Gasteiger partial charge in [0.2, 0.25) is 11.6 Å². The first-order chi connectivity index (χ1) is 15.9. The van der Waals surface area contributed by atoms with Crippen molar-refractivity contribution < 1.29 is 31.8 Å². The monoisotopic (exact) mass is 462 g/mol. The van der Waals surface area contributed by atoms with Crippen molar-refractivity contribution in [1.82, 2.24) is 0 Å². The molecule has 0 N–H and O–H groups in total. The summed E-state index contributed by atoms with van der Waals surface area (Å²) in [5.41, 5.74) is 0.164. The van der Waals surface area contributed by atoms with E-state index in [1.165, 1.54) is 18.2 Å². The van der Waals surface area contributed by atoms with Crippen molar-refractivity contribution in [3.63, 3.8) is 0 Å². The Kier molecular flexibility index (Phi) is 6.96. The predicted molar refractivity (Wildman–Crippen MR) is 117 cm³/mol. The van der Waals surface area contributed by atoms with Gasteiger partial charge >= 0.3 is 0 Å². The molecule has 0 spiro atoms. The molecule has 176 valence electrons. The molecule has 0 bridgehead atoms. The van der Waals surface area contributed by atoms with E-state index in [2.05, 4.69) is 13.5 Å². The number of aryl methyl sites for hydroxylation is 2. The van der Waals surface area contributed by atoms with E-state index >= 15 is 4.39 Å². The van der Waals surface area contributed by atoms with Crippen LogP contribution in [-0.2, 0) is 17.6 Å². The van der Waals surface area contributed by atoms with E-state index in [-0.39, 0.29) is 35.8 Å². The maximum absolute atomic E-state index is 15.1. The SMILES string of the molecule is C=CCOc1cc2c(c(F)c1F)-c1c(cc(OCC3=CCC(CCC)CO3)c(F)c1F)CC2. The van der Waals surface area contributed by atoms with Gasteiger partial charge < -0.3 is 14.2 Å². The Balaban J connectivity index is 1.60. The molecule has 1 atom stereocenters. The van der Waals surface area contributed by atoms with E-state index < -0.39 is 23.3 Å². The number of hydrogen-bond acceptors (Lipinski definition) is 3. The third kappa shape index (κ3) is 4.59. The van der Waals surface area contributed by atoms with Crippen molar-refractivity contribution in [3.8, 4) is 22.6 Å². The van der Waals surface area contributed by atoms with Crippen LogP contribution in [0.15, 0.2) is 36.6 Å². The number of allylic oxidation sites excluding steroid dienone is 1. The lowest BCUT2D eigenvalue weighted by atomic mass is 9.84. The Morgan fingerprint density at radius 2 is 1.58 bits per heavy atom. The number of fused-ring (bicyclic) bond motifs is 3. The number of rotatable bonds is 8. The van der Waals surface area contributed by atoms with E-state index in [1.54, 1.807) is 0 Å². The Morgan fingerprint density at radius 1 is 0.970 bits per heavy atom. The molecule has 4 rings (SSSR count). The zero-order valence-corrected chi connectivity index (χ0v) is 18.5. The van der Waals surface area contributed by atoms with Crippen LogP contribution in [0.5, 0.6) is 11.5 Å². The summed E-state index contributed by atoms with van der Waals surface area (Å²) in [6.07, 6.45) is 6.95. The molecular weight excluding hydrogens is 436 g/mol. The minimum atomic E-state index is -1.26. The average Bonchev–Trinajstić information content (AvgIpc) is 2.82. The summed E-state index contributed by atoms with van der Waals surface area (Å²) in [6.45, 7) is 6.13. The molecule has 2 aromatic rings. The lowest BCUT2D eigenvalue weighted by Gasteiger charge is -2.25. The van der Waals surface area contributed by atoms with Crippen LogP contribution >= 0.6 is 0 Å². The second kappa shape index (κ2) is 9.89. The topological polar surface area (TPSA) is 27.7 Å².